The summed E-state index contributed by atoms with van der Waals surface area (Å²) in [6.07, 6.45) is 8.53. The van der Waals surface area contributed by atoms with Gasteiger partial charge in [0.05, 0.1) is 0 Å². The molecule has 1 N–H and O–H groups in total. The normalized spacial score (nSPS) is 14.1. The number of hydrogen-bond acceptors (Lipinski definition) is 2. The van der Waals surface area contributed by atoms with Gasteiger partial charge in [-0.3, -0.25) is 0 Å². The minimum Gasteiger partial charge on any atom is -0.305 e. The van der Waals surface area contributed by atoms with Gasteiger partial charge in [-0.05, 0) is 73.0 Å². The van der Waals surface area contributed by atoms with Crippen LogP contribution in [0.3, 0.4) is 0 Å². The van der Waals surface area contributed by atoms with Gasteiger partial charge in [-0.1, -0.05) is 49.8 Å². The number of likely N-dealkylation sites (N-methyl/N-ethyl adjacent to an activating group) is 1. The summed E-state index contributed by atoms with van der Waals surface area (Å²) in [7, 11) is 4.22. The molecule has 0 atom stereocenters. The zero-order chi connectivity index (χ0) is 17.8. The minimum absolute atomic E-state index is 0.770. The number of hydrogen-bond donors (Lipinski definition) is 1. The second-order valence-corrected chi connectivity index (χ2v) is 7.18. The van der Waals surface area contributed by atoms with Gasteiger partial charge in [-0.15, -0.1) is 0 Å². The van der Waals surface area contributed by atoms with Crippen LogP contribution in [-0.4, -0.2) is 31.3 Å². The maximum atomic E-state index is 8.67. The van der Waals surface area contributed by atoms with E-state index in [9.17, 15) is 0 Å². The van der Waals surface area contributed by atoms with E-state index in [-0.39, 0.29) is 0 Å². The van der Waals surface area contributed by atoms with Crippen molar-refractivity contribution < 1.29 is 0 Å². The fourth-order valence-corrected chi connectivity index (χ4v) is 3.55. The third kappa shape index (κ3) is 3.91. The molecule has 0 amide bonds. The van der Waals surface area contributed by atoms with E-state index in [0.717, 1.165) is 43.5 Å². The molecule has 0 saturated heterocycles. The zero-order valence-corrected chi connectivity index (χ0v) is 15.6. The Hall–Kier alpha value is -2.19. The van der Waals surface area contributed by atoms with Gasteiger partial charge in [0.2, 0.25) is 0 Å². The van der Waals surface area contributed by atoms with Crippen LogP contribution in [0.1, 0.15) is 43.7 Å². The van der Waals surface area contributed by atoms with Crippen molar-refractivity contribution in [2.24, 2.45) is 0 Å². The van der Waals surface area contributed by atoms with Crippen LogP contribution >= 0.6 is 0 Å². The molecule has 2 heteroatoms. The van der Waals surface area contributed by atoms with E-state index in [1.165, 1.54) is 27.5 Å². The Kier molecular flexibility index (Phi) is 5.50. The predicted molar refractivity (Wildman–Crippen MR) is 110 cm³/mol. The molecule has 0 fully saturated rings. The number of benzene rings is 2. The quantitative estimate of drug-likeness (QED) is 0.650. The summed E-state index contributed by atoms with van der Waals surface area (Å²) >= 11 is 0. The molecule has 130 valence electrons. The van der Waals surface area contributed by atoms with Crippen LogP contribution in [0.4, 0.5) is 0 Å². The fraction of sp³-hybridized carbons (Fsp3) is 0.348. The van der Waals surface area contributed by atoms with Crippen LogP contribution in [0.5, 0.6) is 0 Å². The van der Waals surface area contributed by atoms with E-state index >= 15 is 0 Å². The molecular formula is C23H28N2. The van der Waals surface area contributed by atoms with Gasteiger partial charge in [-0.25, -0.2) is 0 Å². The molecule has 0 aromatic heterocycles. The Morgan fingerprint density at radius 2 is 1.84 bits per heavy atom. The lowest BCUT2D eigenvalue weighted by molar-refractivity contribution is 0.450. The topological polar surface area (TPSA) is 27.1 Å². The standard InChI is InChI=1S/C23H28N2/c1-4-5-13-23(24)22-15-18-10-7-6-9-17(18)14-21(22)20-12-8-11-19(20)16-25(2)3/h6-11,14-15,24H,4-5,12-13,16H2,1-3H3. The van der Waals surface area contributed by atoms with Crippen LogP contribution in [0.15, 0.2) is 54.1 Å². The van der Waals surface area contributed by atoms with Crippen LogP contribution < -0.4 is 0 Å². The molecule has 1 aliphatic rings. The molecule has 0 bridgehead atoms. The summed E-state index contributed by atoms with van der Waals surface area (Å²) in [5.74, 6) is 0. The summed E-state index contributed by atoms with van der Waals surface area (Å²) in [6.45, 7) is 3.13. The highest BCUT2D eigenvalue weighted by molar-refractivity contribution is 6.06. The molecule has 0 unspecified atom stereocenters. The Morgan fingerprint density at radius 3 is 2.52 bits per heavy atom. The van der Waals surface area contributed by atoms with Crippen LogP contribution in [-0.2, 0) is 0 Å². The van der Waals surface area contributed by atoms with Gasteiger partial charge >= 0.3 is 0 Å². The molecule has 0 heterocycles. The highest BCUT2D eigenvalue weighted by atomic mass is 15.0. The maximum absolute atomic E-state index is 8.67. The minimum atomic E-state index is 0.770. The summed E-state index contributed by atoms with van der Waals surface area (Å²) < 4.78 is 0. The van der Waals surface area contributed by atoms with Crippen LogP contribution in [0.25, 0.3) is 16.3 Å². The van der Waals surface area contributed by atoms with Crippen molar-refractivity contribution >= 4 is 22.1 Å². The number of allylic oxidation sites excluding steroid dienone is 2. The Bertz CT molecular complexity index is 840. The number of nitrogens with zero attached hydrogens (tertiary/aromatic N) is 1. The van der Waals surface area contributed by atoms with Crippen LogP contribution in [0, 0.1) is 5.41 Å². The smallest absolute Gasteiger partial charge is 0.0392 e. The first-order chi connectivity index (χ1) is 12.1. The average Bonchev–Trinajstić information content (AvgIpc) is 3.05. The first-order valence-electron chi connectivity index (χ1n) is 9.24. The molecule has 2 aromatic carbocycles. The average molecular weight is 332 g/mol. The third-order valence-electron chi connectivity index (χ3n) is 4.83. The van der Waals surface area contributed by atoms with E-state index in [1.807, 2.05) is 0 Å². The van der Waals surface area contributed by atoms with Gasteiger partial charge in [-0.2, -0.15) is 0 Å². The lowest BCUT2D eigenvalue weighted by atomic mass is 9.89. The SMILES string of the molecule is CCCCC(=N)c1cc2ccccc2cc1C1=C(CN(C)C)C=CC1. The molecule has 2 nitrogen and oxygen atoms in total. The largest absolute Gasteiger partial charge is 0.305 e. The Labute approximate surface area is 151 Å². The molecule has 0 spiro atoms. The van der Waals surface area contributed by atoms with Crippen LogP contribution in [0.2, 0.25) is 0 Å². The van der Waals surface area contributed by atoms with Gasteiger partial charge in [0.1, 0.15) is 0 Å². The molecule has 1 aliphatic carbocycles. The number of rotatable bonds is 7. The van der Waals surface area contributed by atoms with Crippen molar-refractivity contribution in [1.82, 2.24) is 4.90 Å². The number of fused-ring (bicyclic) bond motifs is 1. The van der Waals surface area contributed by atoms with Crippen molar-refractivity contribution in [2.45, 2.75) is 32.6 Å². The zero-order valence-electron chi connectivity index (χ0n) is 15.6. The molecular weight excluding hydrogens is 304 g/mol. The third-order valence-corrected chi connectivity index (χ3v) is 4.83. The second kappa shape index (κ2) is 7.79. The molecule has 3 rings (SSSR count). The van der Waals surface area contributed by atoms with E-state index in [1.54, 1.807) is 0 Å². The highest BCUT2D eigenvalue weighted by Gasteiger charge is 2.18. The molecule has 0 radical (unpaired) electrons. The number of nitrogens with one attached hydrogen (secondary N) is 1. The maximum Gasteiger partial charge on any atom is 0.0392 e. The first kappa shape index (κ1) is 17.6. The fourth-order valence-electron chi connectivity index (χ4n) is 3.55. The van der Waals surface area contributed by atoms with Crippen molar-refractivity contribution in [3.05, 3.63) is 65.3 Å². The lowest BCUT2D eigenvalue weighted by Gasteiger charge is -2.17. The van der Waals surface area contributed by atoms with E-state index in [4.69, 9.17) is 5.41 Å². The van der Waals surface area contributed by atoms with Gasteiger partial charge in [0, 0.05) is 17.8 Å². The highest BCUT2D eigenvalue weighted by Crippen LogP contribution is 2.34. The predicted octanol–water partition coefficient (Wildman–Crippen LogP) is 5.67. The molecule has 2 aromatic rings. The van der Waals surface area contributed by atoms with Crippen molar-refractivity contribution in [3.63, 3.8) is 0 Å². The van der Waals surface area contributed by atoms with E-state index in [0.29, 0.717) is 0 Å². The first-order valence-corrected chi connectivity index (χ1v) is 9.24. The van der Waals surface area contributed by atoms with Crippen molar-refractivity contribution in [1.29, 1.82) is 5.41 Å². The Balaban J connectivity index is 2.13. The van der Waals surface area contributed by atoms with E-state index in [2.05, 4.69) is 74.5 Å². The van der Waals surface area contributed by atoms with Crippen molar-refractivity contribution in [2.75, 3.05) is 20.6 Å². The summed E-state index contributed by atoms with van der Waals surface area (Å²) in [6, 6.07) is 13.0. The molecule has 25 heavy (non-hydrogen) atoms. The molecule has 0 saturated carbocycles. The summed E-state index contributed by atoms with van der Waals surface area (Å²) in [4.78, 5) is 2.22. The summed E-state index contributed by atoms with van der Waals surface area (Å²) in [5, 5.41) is 11.1. The lowest BCUT2D eigenvalue weighted by Crippen LogP contribution is -2.15. The Morgan fingerprint density at radius 1 is 1.12 bits per heavy atom. The van der Waals surface area contributed by atoms with Gasteiger partial charge in [0.25, 0.3) is 0 Å². The monoisotopic (exact) mass is 332 g/mol. The van der Waals surface area contributed by atoms with E-state index < -0.39 is 0 Å². The molecule has 0 aliphatic heterocycles. The number of unbranched alkanes of at least 4 members (excludes halogenated alkanes) is 1. The van der Waals surface area contributed by atoms with Gasteiger partial charge < -0.3 is 10.3 Å². The van der Waals surface area contributed by atoms with Gasteiger partial charge in [0.15, 0.2) is 0 Å². The summed E-state index contributed by atoms with van der Waals surface area (Å²) in [5.41, 5.74) is 5.90. The van der Waals surface area contributed by atoms with Crippen molar-refractivity contribution in [3.8, 4) is 0 Å². The second-order valence-electron chi connectivity index (χ2n) is 7.18.